The SMILES string of the molecule is Fc1ccc(-c2nc(=S)c(Br)c(C3CCCC3)[nH]2)cc1Br. The number of nitrogens with zero attached hydrogens (tertiary/aromatic N) is 1. The Morgan fingerprint density at radius 2 is 1.95 bits per heavy atom. The molecule has 0 bridgehead atoms. The number of halogens is 3. The lowest BCUT2D eigenvalue weighted by atomic mass is 10.0. The molecule has 2 aromatic rings. The molecule has 1 saturated carbocycles. The summed E-state index contributed by atoms with van der Waals surface area (Å²) >= 11 is 12.1. The molecule has 1 fully saturated rings. The fourth-order valence-corrected chi connectivity index (χ4v) is 3.84. The lowest BCUT2D eigenvalue weighted by molar-refractivity contribution is 0.621. The van der Waals surface area contributed by atoms with Crippen LogP contribution in [-0.2, 0) is 0 Å². The van der Waals surface area contributed by atoms with Gasteiger partial charge in [0.2, 0.25) is 0 Å². The molecule has 1 aromatic carbocycles. The molecule has 2 nitrogen and oxygen atoms in total. The number of aromatic amines is 1. The van der Waals surface area contributed by atoms with Crippen molar-refractivity contribution in [1.82, 2.24) is 9.97 Å². The summed E-state index contributed by atoms with van der Waals surface area (Å²) in [4.78, 5) is 7.81. The topological polar surface area (TPSA) is 28.7 Å². The highest BCUT2D eigenvalue weighted by atomic mass is 79.9. The maximum atomic E-state index is 13.4. The van der Waals surface area contributed by atoms with Crippen molar-refractivity contribution in [3.63, 3.8) is 0 Å². The summed E-state index contributed by atoms with van der Waals surface area (Å²) < 4.78 is 15.2. The molecule has 1 aromatic heterocycles. The largest absolute Gasteiger partial charge is 0.342 e. The molecule has 0 amide bonds. The average molecular weight is 432 g/mol. The van der Waals surface area contributed by atoms with E-state index in [0.717, 1.165) is 15.7 Å². The minimum absolute atomic E-state index is 0.287. The lowest BCUT2D eigenvalue weighted by Gasteiger charge is -2.14. The van der Waals surface area contributed by atoms with Crippen molar-refractivity contribution >= 4 is 44.1 Å². The molecule has 0 radical (unpaired) electrons. The first-order valence-corrected chi connectivity index (χ1v) is 8.81. The van der Waals surface area contributed by atoms with Gasteiger partial charge in [-0.05, 0) is 62.9 Å². The van der Waals surface area contributed by atoms with Gasteiger partial charge in [0.15, 0.2) is 0 Å². The molecule has 1 N–H and O–H groups in total. The van der Waals surface area contributed by atoms with Crippen molar-refractivity contribution < 1.29 is 4.39 Å². The van der Waals surface area contributed by atoms with Crippen LogP contribution in [0.15, 0.2) is 27.1 Å². The Morgan fingerprint density at radius 3 is 2.62 bits per heavy atom. The van der Waals surface area contributed by atoms with Crippen LogP contribution in [0.3, 0.4) is 0 Å². The zero-order valence-corrected chi connectivity index (χ0v) is 15.1. The number of H-pyrrole nitrogens is 1. The highest BCUT2D eigenvalue weighted by Crippen LogP contribution is 2.37. The smallest absolute Gasteiger partial charge is 0.144 e. The molecule has 0 saturated heterocycles. The van der Waals surface area contributed by atoms with E-state index in [1.807, 2.05) is 0 Å². The molecule has 0 unspecified atom stereocenters. The monoisotopic (exact) mass is 430 g/mol. The van der Waals surface area contributed by atoms with Crippen LogP contribution >= 0.6 is 44.1 Å². The summed E-state index contributed by atoms with van der Waals surface area (Å²) in [6.07, 6.45) is 4.83. The van der Waals surface area contributed by atoms with Gasteiger partial charge in [-0.25, -0.2) is 9.37 Å². The molecule has 6 heteroatoms. The highest BCUT2D eigenvalue weighted by Gasteiger charge is 2.22. The fraction of sp³-hybridized carbons (Fsp3) is 0.333. The molecule has 1 heterocycles. The molecule has 3 rings (SSSR count). The Bertz CT molecular complexity index is 739. The van der Waals surface area contributed by atoms with Crippen molar-refractivity contribution in [3.8, 4) is 11.4 Å². The minimum Gasteiger partial charge on any atom is -0.342 e. The van der Waals surface area contributed by atoms with Crippen LogP contribution < -0.4 is 0 Å². The van der Waals surface area contributed by atoms with Crippen LogP contribution in [0.25, 0.3) is 11.4 Å². The summed E-state index contributed by atoms with van der Waals surface area (Å²) in [5.41, 5.74) is 1.93. The maximum Gasteiger partial charge on any atom is 0.144 e. The third-order valence-corrected chi connectivity index (χ3v) is 5.82. The van der Waals surface area contributed by atoms with Gasteiger partial charge >= 0.3 is 0 Å². The quantitative estimate of drug-likeness (QED) is 0.579. The van der Waals surface area contributed by atoms with E-state index in [1.54, 1.807) is 12.1 Å². The van der Waals surface area contributed by atoms with Crippen molar-refractivity contribution in [3.05, 3.63) is 43.3 Å². The second kappa shape index (κ2) is 6.26. The summed E-state index contributed by atoms with van der Waals surface area (Å²) in [7, 11) is 0. The van der Waals surface area contributed by atoms with Gasteiger partial charge in [-0.3, -0.25) is 0 Å². The third-order valence-electron chi connectivity index (χ3n) is 3.85. The van der Waals surface area contributed by atoms with Gasteiger partial charge < -0.3 is 4.98 Å². The number of nitrogens with one attached hydrogen (secondary N) is 1. The van der Waals surface area contributed by atoms with E-state index in [4.69, 9.17) is 12.2 Å². The summed E-state index contributed by atoms with van der Waals surface area (Å²) in [5, 5.41) is 0. The molecule has 1 aliphatic rings. The second-order valence-corrected chi connectivity index (χ2v) is 7.26. The van der Waals surface area contributed by atoms with Crippen molar-refractivity contribution in [2.75, 3.05) is 0 Å². The van der Waals surface area contributed by atoms with E-state index in [1.165, 1.54) is 31.7 Å². The van der Waals surface area contributed by atoms with Gasteiger partial charge in [-0.15, -0.1) is 0 Å². The predicted octanol–water partition coefficient (Wildman–Crippen LogP) is 6.13. The first-order chi connectivity index (χ1) is 10.1. The zero-order chi connectivity index (χ0) is 15.0. The van der Waals surface area contributed by atoms with Crippen LogP contribution in [0.1, 0.15) is 37.3 Å². The van der Waals surface area contributed by atoms with Gasteiger partial charge in [0.1, 0.15) is 16.3 Å². The Balaban J connectivity index is 2.10. The van der Waals surface area contributed by atoms with Crippen LogP contribution in [0, 0.1) is 10.5 Å². The predicted molar refractivity (Wildman–Crippen MR) is 91.4 cm³/mol. The van der Waals surface area contributed by atoms with Gasteiger partial charge in [0.05, 0.1) is 8.95 Å². The Labute approximate surface area is 144 Å². The van der Waals surface area contributed by atoms with E-state index in [0.29, 0.717) is 20.9 Å². The third kappa shape index (κ3) is 3.12. The number of aromatic nitrogens is 2. The fourth-order valence-electron chi connectivity index (χ4n) is 2.75. The van der Waals surface area contributed by atoms with Crippen LogP contribution in [0.4, 0.5) is 4.39 Å². The van der Waals surface area contributed by atoms with E-state index in [9.17, 15) is 4.39 Å². The van der Waals surface area contributed by atoms with Crippen molar-refractivity contribution in [2.45, 2.75) is 31.6 Å². The van der Waals surface area contributed by atoms with Gasteiger partial charge in [0, 0.05) is 17.2 Å². The number of benzene rings is 1. The minimum atomic E-state index is -0.287. The van der Waals surface area contributed by atoms with E-state index in [-0.39, 0.29) is 5.82 Å². The Morgan fingerprint density at radius 1 is 1.24 bits per heavy atom. The second-order valence-electron chi connectivity index (χ2n) is 5.23. The first kappa shape index (κ1) is 15.3. The van der Waals surface area contributed by atoms with E-state index >= 15 is 0 Å². The first-order valence-electron chi connectivity index (χ1n) is 6.81. The molecule has 21 heavy (non-hydrogen) atoms. The average Bonchev–Trinajstić information content (AvgIpc) is 2.98. The van der Waals surface area contributed by atoms with Crippen molar-refractivity contribution in [1.29, 1.82) is 0 Å². The maximum absolute atomic E-state index is 13.4. The highest BCUT2D eigenvalue weighted by molar-refractivity contribution is 9.10. The Kier molecular flexibility index (Phi) is 4.57. The van der Waals surface area contributed by atoms with E-state index < -0.39 is 0 Å². The Hall–Kier alpha value is -0.590. The van der Waals surface area contributed by atoms with Gasteiger partial charge in [-0.1, -0.05) is 25.1 Å². The molecule has 0 aliphatic heterocycles. The summed E-state index contributed by atoms with van der Waals surface area (Å²) in [5.74, 6) is 0.892. The number of hydrogen-bond donors (Lipinski definition) is 1. The normalized spacial score (nSPS) is 15.6. The summed E-state index contributed by atoms with van der Waals surface area (Å²) in [6, 6.07) is 4.85. The zero-order valence-electron chi connectivity index (χ0n) is 11.1. The molecule has 0 spiro atoms. The molecule has 110 valence electrons. The standard InChI is InChI=1S/C15H13Br2FN2S/c16-10-7-9(5-6-11(10)18)14-19-13(8-3-1-2-4-8)12(17)15(21)20-14/h5-8H,1-4H2,(H,19,20,21). The molecular formula is C15H13Br2FN2S. The van der Waals surface area contributed by atoms with Gasteiger partial charge in [0.25, 0.3) is 0 Å². The van der Waals surface area contributed by atoms with Crippen molar-refractivity contribution in [2.24, 2.45) is 0 Å². The molecule has 0 atom stereocenters. The number of rotatable bonds is 2. The lowest BCUT2D eigenvalue weighted by Crippen LogP contribution is -2.02. The molecular weight excluding hydrogens is 419 g/mol. The summed E-state index contributed by atoms with van der Waals surface area (Å²) in [6.45, 7) is 0. The van der Waals surface area contributed by atoms with Crippen LogP contribution in [-0.4, -0.2) is 9.97 Å². The number of hydrogen-bond acceptors (Lipinski definition) is 2. The van der Waals surface area contributed by atoms with E-state index in [2.05, 4.69) is 41.8 Å². The molecule has 1 aliphatic carbocycles. The van der Waals surface area contributed by atoms with Crippen LogP contribution in [0.5, 0.6) is 0 Å². The van der Waals surface area contributed by atoms with Gasteiger partial charge in [-0.2, -0.15) is 0 Å². The van der Waals surface area contributed by atoms with Crippen LogP contribution in [0.2, 0.25) is 0 Å².